The number of ketones is 1. The maximum absolute atomic E-state index is 11.2. The lowest BCUT2D eigenvalue weighted by Crippen LogP contribution is -2.19. The summed E-state index contributed by atoms with van der Waals surface area (Å²) < 4.78 is 0. The first kappa shape index (κ1) is 8.94. The summed E-state index contributed by atoms with van der Waals surface area (Å²) in [6.07, 6.45) is 0.406. The number of benzene rings is 1. The Labute approximate surface area is 72.4 Å². The average molecular weight is 162 g/mol. The van der Waals surface area contributed by atoms with Gasteiger partial charge in [0.2, 0.25) is 0 Å². The van der Waals surface area contributed by atoms with Crippen LogP contribution in [-0.4, -0.2) is 5.78 Å². The molecule has 1 rings (SSSR count). The smallest absolute Gasteiger partial charge is 0.159 e. The molecular formula is C10H12NO. The van der Waals surface area contributed by atoms with Gasteiger partial charge in [0.25, 0.3) is 0 Å². The highest BCUT2D eigenvalue weighted by Gasteiger charge is 2.08. The second-order valence-electron chi connectivity index (χ2n) is 2.77. The van der Waals surface area contributed by atoms with Crippen molar-refractivity contribution in [1.82, 2.24) is 0 Å². The molecule has 0 saturated carbocycles. The minimum atomic E-state index is 0.00111. The second-order valence-corrected chi connectivity index (χ2v) is 2.77. The van der Waals surface area contributed by atoms with Crippen LogP contribution in [0.4, 0.5) is 0 Å². The van der Waals surface area contributed by atoms with E-state index in [-0.39, 0.29) is 5.78 Å². The molecule has 0 atom stereocenters. The zero-order chi connectivity index (χ0) is 8.97. The molecule has 0 heterocycles. The quantitative estimate of drug-likeness (QED) is 0.728. The van der Waals surface area contributed by atoms with Gasteiger partial charge in [0.15, 0.2) is 5.78 Å². The van der Waals surface area contributed by atoms with Crippen LogP contribution in [0.25, 0.3) is 0 Å². The Bertz CT molecular complexity index is 254. The highest BCUT2D eigenvalue weighted by atomic mass is 16.1. The summed E-state index contributed by atoms with van der Waals surface area (Å²) in [5, 5.41) is 0. The summed E-state index contributed by atoms with van der Waals surface area (Å²) in [6.45, 7) is 1.63. The fraction of sp³-hybridized carbons (Fsp3) is 0.200. The third-order valence-corrected chi connectivity index (χ3v) is 1.65. The first-order valence-electron chi connectivity index (χ1n) is 3.86. The molecule has 0 aliphatic carbocycles. The van der Waals surface area contributed by atoms with E-state index in [1.165, 1.54) is 0 Å². The van der Waals surface area contributed by atoms with Gasteiger partial charge in [0.05, 0.1) is 6.04 Å². The molecule has 2 heteroatoms. The van der Waals surface area contributed by atoms with Crippen molar-refractivity contribution in [2.45, 2.75) is 13.3 Å². The Hall–Kier alpha value is -1.15. The van der Waals surface area contributed by atoms with E-state index in [1.807, 2.05) is 30.3 Å². The maximum Gasteiger partial charge on any atom is 0.159 e. The van der Waals surface area contributed by atoms with E-state index >= 15 is 0 Å². The molecular weight excluding hydrogens is 150 g/mol. The van der Waals surface area contributed by atoms with E-state index in [4.69, 9.17) is 5.73 Å². The lowest BCUT2D eigenvalue weighted by molar-refractivity contribution is -0.116. The Kier molecular flexibility index (Phi) is 3.00. The number of carbonyl (C=O) groups is 1. The van der Waals surface area contributed by atoms with E-state index < -0.39 is 0 Å². The van der Waals surface area contributed by atoms with Crippen LogP contribution in [0, 0.1) is 6.04 Å². The summed E-state index contributed by atoms with van der Waals surface area (Å²) in [6, 6.07) is 9.95. The van der Waals surface area contributed by atoms with Crippen LogP contribution in [0.2, 0.25) is 0 Å². The molecule has 0 saturated heterocycles. The van der Waals surface area contributed by atoms with Gasteiger partial charge in [-0.05, 0) is 12.5 Å². The average Bonchev–Trinajstić information content (AvgIpc) is 2.06. The van der Waals surface area contributed by atoms with Crippen molar-refractivity contribution < 1.29 is 4.79 Å². The summed E-state index contributed by atoms with van der Waals surface area (Å²) in [7, 11) is 0. The topological polar surface area (TPSA) is 43.1 Å². The SMILES string of the molecule is C[C](N)C(=O)Cc1ccccc1. The van der Waals surface area contributed by atoms with Crippen LogP contribution in [0.5, 0.6) is 0 Å². The fourth-order valence-electron chi connectivity index (χ4n) is 0.921. The first-order valence-corrected chi connectivity index (χ1v) is 3.86. The highest BCUT2D eigenvalue weighted by molar-refractivity contribution is 5.92. The third kappa shape index (κ3) is 2.47. The number of carbonyl (C=O) groups excluding carboxylic acids is 1. The minimum absolute atomic E-state index is 0.00111. The molecule has 0 unspecified atom stereocenters. The Morgan fingerprint density at radius 1 is 1.33 bits per heavy atom. The molecule has 0 aliphatic heterocycles. The van der Waals surface area contributed by atoms with Crippen molar-refractivity contribution in [2.75, 3.05) is 0 Å². The van der Waals surface area contributed by atoms with E-state index in [1.54, 1.807) is 6.92 Å². The van der Waals surface area contributed by atoms with Crippen LogP contribution in [0.3, 0.4) is 0 Å². The van der Waals surface area contributed by atoms with Crippen LogP contribution in [0.1, 0.15) is 12.5 Å². The van der Waals surface area contributed by atoms with Gasteiger partial charge in [0, 0.05) is 6.42 Å². The molecule has 0 spiro atoms. The van der Waals surface area contributed by atoms with Crippen molar-refractivity contribution in [3.8, 4) is 0 Å². The van der Waals surface area contributed by atoms with Gasteiger partial charge in [-0.1, -0.05) is 30.3 Å². The molecule has 0 bridgehead atoms. The number of hydrogen-bond donors (Lipinski definition) is 1. The molecule has 1 radical (unpaired) electrons. The first-order chi connectivity index (χ1) is 5.70. The summed E-state index contributed by atoms with van der Waals surface area (Å²) in [5.41, 5.74) is 6.36. The van der Waals surface area contributed by atoms with Gasteiger partial charge in [-0.15, -0.1) is 0 Å². The van der Waals surface area contributed by atoms with Crippen molar-refractivity contribution in [3.63, 3.8) is 0 Å². The van der Waals surface area contributed by atoms with Crippen LogP contribution >= 0.6 is 0 Å². The van der Waals surface area contributed by atoms with Gasteiger partial charge >= 0.3 is 0 Å². The molecule has 0 aliphatic rings. The van der Waals surface area contributed by atoms with Crippen molar-refractivity contribution >= 4 is 5.78 Å². The van der Waals surface area contributed by atoms with Gasteiger partial charge in [-0.2, -0.15) is 0 Å². The predicted octanol–water partition coefficient (Wildman–Crippen LogP) is 1.31. The fourth-order valence-corrected chi connectivity index (χ4v) is 0.921. The zero-order valence-corrected chi connectivity index (χ0v) is 7.08. The molecule has 63 valence electrons. The summed E-state index contributed by atoms with van der Waals surface area (Å²) in [5.74, 6) is 0.00111. The van der Waals surface area contributed by atoms with Gasteiger partial charge in [-0.25, -0.2) is 0 Å². The molecule has 2 N–H and O–H groups in total. The van der Waals surface area contributed by atoms with Crippen molar-refractivity contribution in [1.29, 1.82) is 0 Å². The Balaban J connectivity index is 2.59. The molecule has 1 aromatic carbocycles. The molecule has 2 nitrogen and oxygen atoms in total. The lowest BCUT2D eigenvalue weighted by Gasteiger charge is -2.02. The van der Waals surface area contributed by atoms with Gasteiger partial charge in [-0.3, -0.25) is 4.79 Å². The van der Waals surface area contributed by atoms with Gasteiger partial charge in [0.1, 0.15) is 0 Å². The van der Waals surface area contributed by atoms with E-state index in [9.17, 15) is 4.79 Å². The number of nitrogens with two attached hydrogens (primary N) is 1. The lowest BCUT2D eigenvalue weighted by atomic mass is 10.1. The monoisotopic (exact) mass is 162 g/mol. The van der Waals surface area contributed by atoms with Crippen molar-refractivity contribution in [3.05, 3.63) is 41.9 Å². The second kappa shape index (κ2) is 4.02. The number of rotatable bonds is 3. The van der Waals surface area contributed by atoms with E-state index in [0.717, 1.165) is 5.56 Å². The third-order valence-electron chi connectivity index (χ3n) is 1.65. The summed E-state index contributed by atoms with van der Waals surface area (Å²) in [4.78, 5) is 11.2. The molecule has 0 fully saturated rings. The Morgan fingerprint density at radius 2 is 1.92 bits per heavy atom. The molecule has 1 aromatic rings. The predicted molar refractivity (Wildman–Crippen MR) is 48.3 cm³/mol. The zero-order valence-electron chi connectivity index (χ0n) is 7.08. The normalized spacial score (nSPS) is 10.2. The van der Waals surface area contributed by atoms with E-state index in [2.05, 4.69) is 0 Å². The Morgan fingerprint density at radius 3 is 2.42 bits per heavy atom. The summed E-state index contributed by atoms with van der Waals surface area (Å²) >= 11 is 0. The largest absolute Gasteiger partial charge is 0.317 e. The molecule has 0 aromatic heterocycles. The standard InChI is InChI=1S/C10H12NO/c1-8(11)10(12)7-9-5-3-2-4-6-9/h2-6H,7,11H2,1H3. The molecule has 12 heavy (non-hydrogen) atoms. The van der Waals surface area contributed by atoms with Crippen LogP contribution in [0.15, 0.2) is 30.3 Å². The number of Topliss-reactive ketones (excluding diaryl/α,β-unsaturated/α-hetero) is 1. The van der Waals surface area contributed by atoms with Crippen molar-refractivity contribution in [2.24, 2.45) is 5.73 Å². The number of hydrogen-bond acceptors (Lipinski definition) is 2. The van der Waals surface area contributed by atoms with E-state index in [0.29, 0.717) is 12.5 Å². The minimum Gasteiger partial charge on any atom is -0.317 e. The maximum atomic E-state index is 11.2. The van der Waals surface area contributed by atoms with Gasteiger partial charge < -0.3 is 5.73 Å². The molecule has 0 amide bonds. The van der Waals surface area contributed by atoms with Crippen LogP contribution < -0.4 is 5.73 Å². The highest BCUT2D eigenvalue weighted by Crippen LogP contribution is 2.03. The van der Waals surface area contributed by atoms with Crippen LogP contribution in [-0.2, 0) is 11.2 Å².